The third kappa shape index (κ3) is 4.92. The average molecular weight is 474 g/mol. The summed E-state index contributed by atoms with van der Waals surface area (Å²) < 4.78 is 11.2. The third-order valence-electron chi connectivity index (χ3n) is 3.54. The molecule has 0 bridgehead atoms. The number of ether oxygens (including phenoxy) is 2. The van der Waals surface area contributed by atoms with E-state index in [2.05, 4.69) is 10.3 Å². The molecule has 0 saturated heterocycles. The minimum absolute atomic E-state index is 0. The Morgan fingerprint density at radius 1 is 1.28 bits per heavy atom. The first-order valence-electron chi connectivity index (χ1n) is 7.81. The predicted octanol–water partition coefficient (Wildman–Crippen LogP) is 4.61. The molecule has 0 aromatic heterocycles. The summed E-state index contributed by atoms with van der Waals surface area (Å²) in [5.74, 6) is 1.89. The molecule has 1 aliphatic heterocycles. The van der Waals surface area contributed by atoms with Crippen LogP contribution in [0.15, 0.2) is 47.5 Å². The molecule has 0 radical (unpaired) electrons. The average Bonchev–Trinajstić information content (AvgIpc) is 2.93. The van der Waals surface area contributed by atoms with Crippen molar-refractivity contribution in [3.63, 3.8) is 0 Å². The zero-order chi connectivity index (χ0) is 17.1. The van der Waals surface area contributed by atoms with Gasteiger partial charge in [0.25, 0.3) is 0 Å². The highest BCUT2D eigenvalue weighted by Gasteiger charge is 2.26. The summed E-state index contributed by atoms with van der Waals surface area (Å²) in [4.78, 5) is 4.49. The third-order valence-corrected chi connectivity index (χ3v) is 3.87. The summed E-state index contributed by atoms with van der Waals surface area (Å²) in [6.45, 7) is 4.41. The molecule has 25 heavy (non-hydrogen) atoms. The van der Waals surface area contributed by atoms with Crippen LogP contribution < -0.4 is 20.5 Å². The van der Waals surface area contributed by atoms with Crippen molar-refractivity contribution in [2.24, 2.45) is 10.7 Å². The quantitative estimate of drug-likeness (QED) is 0.387. The first-order valence-corrected chi connectivity index (χ1v) is 8.19. The van der Waals surface area contributed by atoms with Crippen LogP contribution >= 0.6 is 35.6 Å². The fraction of sp³-hybridized carbons (Fsp3) is 0.278. The number of rotatable bonds is 4. The van der Waals surface area contributed by atoms with E-state index in [0.29, 0.717) is 17.6 Å². The monoisotopic (exact) mass is 473 g/mol. The SMILES string of the molecule is CC(C)Oc1ccc(NC(N)=NC2COc3cccc(Cl)c32)cc1.I. The molecular weight excluding hydrogens is 453 g/mol. The van der Waals surface area contributed by atoms with E-state index in [-0.39, 0.29) is 36.1 Å². The van der Waals surface area contributed by atoms with Crippen LogP contribution in [0.2, 0.25) is 5.02 Å². The van der Waals surface area contributed by atoms with Crippen molar-refractivity contribution in [3.05, 3.63) is 53.1 Å². The number of halogens is 2. The van der Waals surface area contributed by atoms with E-state index in [0.717, 1.165) is 22.7 Å². The molecule has 0 fully saturated rings. The van der Waals surface area contributed by atoms with E-state index in [1.165, 1.54) is 0 Å². The molecule has 0 aliphatic carbocycles. The van der Waals surface area contributed by atoms with Crippen LogP contribution in [0.3, 0.4) is 0 Å². The maximum absolute atomic E-state index is 6.24. The number of fused-ring (bicyclic) bond motifs is 1. The van der Waals surface area contributed by atoms with E-state index >= 15 is 0 Å². The molecule has 0 saturated carbocycles. The summed E-state index contributed by atoms with van der Waals surface area (Å²) in [5.41, 5.74) is 7.74. The molecule has 1 aliphatic rings. The molecule has 3 rings (SSSR count). The minimum Gasteiger partial charge on any atom is -0.491 e. The predicted molar refractivity (Wildman–Crippen MR) is 113 cm³/mol. The number of nitrogens with zero attached hydrogens (tertiary/aromatic N) is 1. The molecule has 0 amide bonds. The molecule has 2 aromatic rings. The normalized spacial score (nSPS) is 16.0. The van der Waals surface area contributed by atoms with Crippen molar-refractivity contribution in [3.8, 4) is 11.5 Å². The summed E-state index contributed by atoms with van der Waals surface area (Å²) in [7, 11) is 0. The summed E-state index contributed by atoms with van der Waals surface area (Å²) >= 11 is 6.24. The van der Waals surface area contributed by atoms with Crippen molar-refractivity contribution in [2.75, 3.05) is 11.9 Å². The number of aliphatic imine (C=N–C) groups is 1. The summed E-state index contributed by atoms with van der Waals surface area (Å²) in [5, 5.41) is 3.71. The Balaban J connectivity index is 0.00000225. The molecule has 0 spiro atoms. The van der Waals surface area contributed by atoms with Crippen LogP contribution in [-0.4, -0.2) is 18.7 Å². The molecule has 3 N–H and O–H groups in total. The topological polar surface area (TPSA) is 68.9 Å². The number of guanidine groups is 1. The molecular formula is C18H21ClIN3O2. The van der Waals surface area contributed by atoms with E-state index in [4.69, 9.17) is 26.8 Å². The highest BCUT2D eigenvalue weighted by Crippen LogP contribution is 2.39. The Bertz CT molecular complexity index is 750. The largest absolute Gasteiger partial charge is 0.491 e. The number of nitrogens with one attached hydrogen (secondary N) is 1. The Morgan fingerprint density at radius 3 is 2.68 bits per heavy atom. The number of hydrogen-bond donors (Lipinski definition) is 2. The number of nitrogens with two attached hydrogens (primary N) is 1. The zero-order valence-corrected chi connectivity index (χ0v) is 17.1. The van der Waals surface area contributed by atoms with Crippen molar-refractivity contribution < 1.29 is 9.47 Å². The number of anilines is 1. The van der Waals surface area contributed by atoms with Crippen LogP contribution in [0, 0.1) is 0 Å². The smallest absolute Gasteiger partial charge is 0.193 e. The molecule has 1 unspecified atom stereocenters. The van der Waals surface area contributed by atoms with Crippen LogP contribution in [0.5, 0.6) is 11.5 Å². The summed E-state index contributed by atoms with van der Waals surface area (Å²) in [6.07, 6.45) is 0.141. The van der Waals surface area contributed by atoms with Crippen LogP contribution in [0.25, 0.3) is 0 Å². The van der Waals surface area contributed by atoms with Crippen molar-refractivity contribution in [2.45, 2.75) is 26.0 Å². The van der Waals surface area contributed by atoms with Crippen LogP contribution in [0.4, 0.5) is 5.69 Å². The van der Waals surface area contributed by atoms with Crippen molar-refractivity contribution in [1.82, 2.24) is 0 Å². The van der Waals surface area contributed by atoms with Gasteiger partial charge in [-0.25, -0.2) is 4.99 Å². The fourth-order valence-corrected chi connectivity index (χ4v) is 2.85. The van der Waals surface area contributed by atoms with Gasteiger partial charge in [0.15, 0.2) is 5.96 Å². The van der Waals surface area contributed by atoms with Gasteiger partial charge in [-0.2, -0.15) is 0 Å². The minimum atomic E-state index is -0.204. The first-order chi connectivity index (χ1) is 11.5. The highest BCUT2D eigenvalue weighted by atomic mass is 127. The maximum atomic E-state index is 6.24. The van der Waals surface area contributed by atoms with Gasteiger partial charge in [0, 0.05) is 16.3 Å². The van der Waals surface area contributed by atoms with Gasteiger partial charge in [-0.05, 0) is 50.2 Å². The molecule has 5 nitrogen and oxygen atoms in total. The standard InChI is InChI=1S/C18H20ClN3O2.HI/c1-11(2)24-13-8-6-12(7-9-13)21-18(20)22-15-10-23-16-5-3-4-14(19)17(15)16;/h3-9,11,15H,10H2,1-2H3,(H3,20,21,22);1H. The van der Waals surface area contributed by atoms with Gasteiger partial charge in [-0.15, -0.1) is 24.0 Å². The number of benzene rings is 2. The van der Waals surface area contributed by atoms with Gasteiger partial charge >= 0.3 is 0 Å². The van der Waals surface area contributed by atoms with E-state index < -0.39 is 0 Å². The van der Waals surface area contributed by atoms with Crippen LogP contribution in [-0.2, 0) is 0 Å². The lowest BCUT2D eigenvalue weighted by Gasteiger charge is -2.12. The van der Waals surface area contributed by atoms with Gasteiger partial charge in [-0.3, -0.25) is 0 Å². The van der Waals surface area contributed by atoms with Gasteiger partial charge in [0.2, 0.25) is 0 Å². The lowest BCUT2D eigenvalue weighted by Crippen LogP contribution is -2.23. The van der Waals surface area contributed by atoms with Gasteiger partial charge in [0.05, 0.1) is 6.10 Å². The molecule has 134 valence electrons. The summed E-state index contributed by atoms with van der Waals surface area (Å²) in [6, 6.07) is 12.9. The van der Waals surface area contributed by atoms with Gasteiger partial charge in [0.1, 0.15) is 24.1 Å². The number of hydrogen-bond acceptors (Lipinski definition) is 3. The van der Waals surface area contributed by atoms with Gasteiger partial charge in [-0.1, -0.05) is 17.7 Å². The second kappa shape index (κ2) is 8.62. The second-order valence-corrected chi connectivity index (χ2v) is 6.22. The van der Waals surface area contributed by atoms with Gasteiger partial charge < -0.3 is 20.5 Å². The van der Waals surface area contributed by atoms with Crippen LogP contribution in [0.1, 0.15) is 25.5 Å². The Morgan fingerprint density at radius 2 is 2.00 bits per heavy atom. The Kier molecular flexibility index (Phi) is 6.78. The zero-order valence-electron chi connectivity index (χ0n) is 14.0. The maximum Gasteiger partial charge on any atom is 0.193 e. The Hall–Kier alpha value is -1.67. The van der Waals surface area contributed by atoms with E-state index in [1.807, 2.05) is 56.3 Å². The molecule has 1 atom stereocenters. The van der Waals surface area contributed by atoms with E-state index in [9.17, 15) is 0 Å². The second-order valence-electron chi connectivity index (χ2n) is 5.81. The lowest BCUT2D eigenvalue weighted by atomic mass is 10.1. The first kappa shape index (κ1) is 19.7. The fourth-order valence-electron chi connectivity index (χ4n) is 2.56. The van der Waals surface area contributed by atoms with Crippen molar-refractivity contribution in [1.29, 1.82) is 0 Å². The highest BCUT2D eigenvalue weighted by molar-refractivity contribution is 14.0. The molecule has 1 heterocycles. The molecule has 2 aromatic carbocycles. The Labute approximate surface area is 169 Å². The van der Waals surface area contributed by atoms with Crippen molar-refractivity contribution >= 4 is 47.2 Å². The lowest BCUT2D eigenvalue weighted by molar-refractivity contribution is 0.242. The molecule has 7 heteroatoms. The van der Waals surface area contributed by atoms with E-state index in [1.54, 1.807) is 0 Å².